The largest absolute Gasteiger partial charge is 0.477 e. The molecule has 9 heteroatoms. The molecule has 0 aromatic heterocycles. The Labute approximate surface area is 175 Å². The van der Waals surface area contributed by atoms with Gasteiger partial charge in [-0.15, -0.1) is 0 Å². The number of likely N-dealkylation sites (N-methyl/N-ethyl adjacent to an activating group) is 1. The maximum Gasteiger partial charge on any atom is 0.446 e. The fourth-order valence-corrected chi connectivity index (χ4v) is 7.47. The molecule has 2 saturated carbocycles. The Morgan fingerprint density at radius 1 is 1.30 bits per heavy atom. The van der Waals surface area contributed by atoms with Gasteiger partial charge in [0.05, 0.1) is 25.6 Å². The van der Waals surface area contributed by atoms with Crippen molar-refractivity contribution < 1.29 is 36.3 Å². The lowest BCUT2D eigenvalue weighted by Gasteiger charge is -2.64. The van der Waals surface area contributed by atoms with Crippen LogP contribution in [0.1, 0.15) is 43.2 Å². The van der Waals surface area contributed by atoms with Crippen molar-refractivity contribution in [1.29, 1.82) is 0 Å². The van der Waals surface area contributed by atoms with Crippen molar-refractivity contribution in [2.24, 2.45) is 5.92 Å². The summed E-state index contributed by atoms with van der Waals surface area (Å²) in [6, 6.07) is 3.23. The van der Waals surface area contributed by atoms with Gasteiger partial charge in [0, 0.05) is 30.7 Å². The van der Waals surface area contributed by atoms with Crippen LogP contribution in [0, 0.1) is 5.92 Å². The van der Waals surface area contributed by atoms with Crippen LogP contribution in [0.5, 0.6) is 11.5 Å². The zero-order valence-electron chi connectivity index (χ0n) is 16.8. The van der Waals surface area contributed by atoms with Gasteiger partial charge in [0.25, 0.3) is 0 Å². The van der Waals surface area contributed by atoms with Crippen molar-refractivity contribution in [1.82, 2.24) is 0 Å². The van der Waals surface area contributed by atoms with E-state index in [4.69, 9.17) is 8.92 Å². The molecule has 3 aliphatic carbocycles. The highest BCUT2D eigenvalue weighted by Crippen LogP contribution is 2.66. The molecule has 0 amide bonds. The Morgan fingerprint density at radius 3 is 2.77 bits per heavy atom. The Morgan fingerprint density at radius 2 is 2.07 bits per heavy atom. The first-order valence-corrected chi connectivity index (χ1v) is 12.0. The number of rotatable bonds is 4. The lowest BCUT2D eigenvalue weighted by molar-refractivity contribution is -0.950. The summed E-state index contributed by atoms with van der Waals surface area (Å²) in [7, 11) is -2.51. The van der Waals surface area contributed by atoms with Crippen molar-refractivity contribution in [3.63, 3.8) is 0 Å². The second-order valence-electron chi connectivity index (χ2n) is 10.1. The molecule has 2 unspecified atom stereocenters. The van der Waals surface area contributed by atoms with Gasteiger partial charge in [-0.3, -0.25) is 9.35 Å². The van der Waals surface area contributed by atoms with Crippen molar-refractivity contribution in [3.8, 4) is 11.5 Å². The van der Waals surface area contributed by atoms with Crippen molar-refractivity contribution in [2.75, 3.05) is 20.1 Å². The molecule has 1 spiro atoms. The summed E-state index contributed by atoms with van der Waals surface area (Å²) >= 11 is 0. The zero-order chi connectivity index (χ0) is 21.1. The van der Waals surface area contributed by atoms with Gasteiger partial charge in [0.2, 0.25) is 0 Å². The molecular formula is C21H26NO7S+. The van der Waals surface area contributed by atoms with Gasteiger partial charge in [-0.1, -0.05) is 6.07 Å². The molecule has 8 nitrogen and oxygen atoms in total. The summed E-state index contributed by atoms with van der Waals surface area (Å²) in [5, 5.41) is 12.3. The third-order valence-corrected chi connectivity index (χ3v) is 8.85. The van der Waals surface area contributed by atoms with Crippen LogP contribution < -0.4 is 8.92 Å². The minimum Gasteiger partial charge on any atom is -0.477 e. The molecule has 1 aromatic carbocycles. The number of ketones is 1. The summed E-state index contributed by atoms with van der Waals surface area (Å²) < 4.78 is 43.6. The second kappa shape index (κ2) is 5.56. The van der Waals surface area contributed by atoms with Gasteiger partial charge in [0.15, 0.2) is 23.4 Å². The van der Waals surface area contributed by atoms with E-state index < -0.39 is 27.5 Å². The predicted octanol–water partition coefficient (Wildman–Crippen LogP) is 1.15. The normalized spacial score (nSPS) is 41.2. The van der Waals surface area contributed by atoms with Crippen LogP contribution in [-0.4, -0.2) is 66.2 Å². The van der Waals surface area contributed by atoms with Gasteiger partial charge in [-0.25, -0.2) is 0 Å². The lowest BCUT2D eigenvalue weighted by Crippen LogP contribution is -2.80. The van der Waals surface area contributed by atoms with E-state index in [-0.39, 0.29) is 29.7 Å². The number of piperidine rings is 1. The number of quaternary nitrogens is 1. The lowest BCUT2D eigenvalue weighted by atomic mass is 9.48. The topological polar surface area (TPSA) is 110 Å². The van der Waals surface area contributed by atoms with Crippen LogP contribution >= 0.6 is 0 Å². The number of nitrogens with zero attached hydrogens (tertiary/aromatic N) is 1. The molecule has 5 aliphatic rings. The zero-order valence-corrected chi connectivity index (χ0v) is 17.7. The number of hydrogen-bond donors (Lipinski definition) is 2. The number of carbonyl (C=O) groups is 1. The average Bonchev–Trinajstić information content (AvgIpc) is 3.38. The molecule has 1 aromatic rings. The molecule has 2 aliphatic heterocycles. The number of hydrogen-bond acceptors (Lipinski definition) is 6. The fraction of sp³-hybridized carbons (Fsp3) is 0.667. The number of likely N-dealkylation sites (tertiary alicyclic amines) is 1. The maximum absolute atomic E-state index is 13.0. The molecule has 2 heterocycles. The Hall–Kier alpha value is -1.68. The molecule has 30 heavy (non-hydrogen) atoms. The monoisotopic (exact) mass is 436 g/mol. The minimum absolute atomic E-state index is 0.0437. The van der Waals surface area contributed by atoms with E-state index in [0.29, 0.717) is 30.7 Å². The van der Waals surface area contributed by atoms with Gasteiger partial charge in [0.1, 0.15) is 11.6 Å². The van der Waals surface area contributed by atoms with Crippen LogP contribution in [0.4, 0.5) is 0 Å². The number of aliphatic hydroxyl groups is 1. The first kappa shape index (κ1) is 19.0. The van der Waals surface area contributed by atoms with Crippen molar-refractivity contribution in [2.45, 2.75) is 61.7 Å². The van der Waals surface area contributed by atoms with E-state index in [1.807, 2.05) is 0 Å². The SMILES string of the molecule is C[N+]1(CC2CC2)CC[C@]23c4c5ccc(OS(=O)(=O)O)c4O[C@@H]2C(=O)CCC3(O)[C@H]1C5. The highest BCUT2D eigenvalue weighted by Gasteiger charge is 2.76. The number of carbonyl (C=O) groups excluding carboxylic acids is 1. The van der Waals surface area contributed by atoms with E-state index >= 15 is 0 Å². The molecule has 5 atom stereocenters. The Balaban J connectivity index is 1.57. The highest BCUT2D eigenvalue weighted by molar-refractivity contribution is 7.81. The molecule has 162 valence electrons. The van der Waals surface area contributed by atoms with E-state index in [1.165, 1.54) is 18.9 Å². The highest BCUT2D eigenvalue weighted by atomic mass is 32.3. The van der Waals surface area contributed by atoms with Crippen LogP contribution in [0.25, 0.3) is 0 Å². The van der Waals surface area contributed by atoms with E-state index in [2.05, 4.69) is 7.05 Å². The summed E-state index contributed by atoms with van der Waals surface area (Å²) in [5.41, 5.74) is -0.323. The van der Waals surface area contributed by atoms with E-state index in [0.717, 1.165) is 23.1 Å². The standard InChI is InChI=1S/C21H25NO7S/c1-22(11-12-2-3-12)9-8-20-17-13-4-5-15(29-30(25,26)27)18(17)28-19(20)14(23)6-7-21(20,24)16(22)10-13/h4-5,12,16,19,24H,2-3,6-11H2,1H3/p+1/t16-,19-,20+,21?,22?/m1/s1. The van der Waals surface area contributed by atoms with Crippen molar-refractivity contribution in [3.05, 3.63) is 23.3 Å². The van der Waals surface area contributed by atoms with Crippen LogP contribution in [0.2, 0.25) is 0 Å². The first-order valence-electron chi connectivity index (χ1n) is 10.7. The summed E-state index contributed by atoms with van der Waals surface area (Å²) in [5.74, 6) is 0.685. The second-order valence-corrected chi connectivity index (χ2v) is 11.1. The number of ether oxygens (including phenoxy) is 1. The molecule has 0 radical (unpaired) electrons. The third kappa shape index (κ3) is 2.26. The molecule has 2 bridgehead atoms. The summed E-state index contributed by atoms with van der Waals surface area (Å²) in [6.07, 6.45) is 3.48. The van der Waals surface area contributed by atoms with Gasteiger partial charge < -0.3 is 18.5 Å². The molecule has 6 rings (SSSR count). The van der Waals surface area contributed by atoms with Gasteiger partial charge in [-0.05, 0) is 30.9 Å². The quantitative estimate of drug-likeness (QED) is 0.538. The van der Waals surface area contributed by atoms with Gasteiger partial charge >= 0.3 is 10.4 Å². The average molecular weight is 437 g/mol. The summed E-state index contributed by atoms with van der Waals surface area (Å²) in [6.45, 7) is 1.87. The Kier molecular flexibility index (Phi) is 3.53. The third-order valence-electron chi connectivity index (χ3n) is 8.46. The van der Waals surface area contributed by atoms with E-state index in [1.54, 1.807) is 6.07 Å². The molecule has 3 fully saturated rings. The number of benzene rings is 1. The maximum atomic E-state index is 13.0. The smallest absolute Gasteiger partial charge is 0.446 e. The molecule has 2 N–H and O–H groups in total. The van der Waals surface area contributed by atoms with Crippen LogP contribution in [-0.2, 0) is 27.0 Å². The fourth-order valence-electron chi connectivity index (χ4n) is 7.11. The van der Waals surface area contributed by atoms with Gasteiger partial charge in [-0.2, -0.15) is 8.42 Å². The summed E-state index contributed by atoms with van der Waals surface area (Å²) in [4.78, 5) is 13.0. The predicted molar refractivity (Wildman–Crippen MR) is 105 cm³/mol. The van der Waals surface area contributed by atoms with Crippen molar-refractivity contribution >= 4 is 16.2 Å². The number of Topliss-reactive ketones (excluding diaryl/α,β-unsaturated/α-hetero) is 1. The minimum atomic E-state index is -4.75. The van der Waals surface area contributed by atoms with Crippen LogP contribution in [0.15, 0.2) is 12.1 Å². The Bertz CT molecular complexity index is 1080. The molecular weight excluding hydrogens is 410 g/mol. The first-order chi connectivity index (χ1) is 14.1. The van der Waals surface area contributed by atoms with E-state index in [9.17, 15) is 22.9 Å². The van der Waals surface area contributed by atoms with Crippen LogP contribution in [0.3, 0.4) is 0 Å². The molecule has 1 saturated heterocycles.